The molecule has 1 fully saturated rings. The smallest absolute Gasteiger partial charge is 0.269 e. The van der Waals surface area contributed by atoms with Crippen LogP contribution < -0.4 is 10.5 Å². The Hall–Kier alpha value is -1.56. The number of carbonyl (C=O) groups excluding carboxylic acids is 1. The Balaban J connectivity index is 1.52. The molecule has 1 aromatic rings. The Morgan fingerprint density at radius 3 is 3.06 bits per heavy atom. The van der Waals surface area contributed by atoms with Crippen LogP contribution in [0.15, 0.2) is 6.07 Å². The second-order valence-electron chi connectivity index (χ2n) is 4.63. The molecule has 0 aromatic carbocycles. The highest BCUT2D eigenvalue weighted by Gasteiger charge is 2.27. The minimum absolute atomic E-state index is 0.00169. The number of ether oxygens (including phenoxy) is 2. The highest BCUT2D eigenvalue weighted by atomic mass is 16.5. The SMILES string of the molecule is NC(=O)c1cc2n(n1)CC(COCC1CC1)O2. The largest absolute Gasteiger partial charge is 0.470 e. The zero-order valence-electron chi connectivity index (χ0n) is 9.46. The maximum Gasteiger partial charge on any atom is 0.269 e. The predicted octanol–water partition coefficient (Wildman–Crippen LogP) is 0.170. The topological polar surface area (TPSA) is 79.4 Å². The minimum Gasteiger partial charge on any atom is -0.470 e. The third kappa shape index (κ3) is 2.26. The van der Waals surface area contributed by atoms with Crippen molar-refractivity contribution in [3.8, 4) is 5.88 Å². The fourth-order valence-corrected chi connectivity index (χ4v) is 1.88. The van der Waals surface area contributed by atoms with E-state index in [4.69, 9.17) is 15.2 Å². The van der Waals surface area contributed by atoms with E-state index in [1.165, 1.54) is 12.8 Å². The summed E-state index contributed by atoms with van der Waals surface area (Å²) in [4.78, 5) is 10.9. The van der Waals surface area contributed by atoms with Crippen LogP contribution >= 0.6 is 0 Å². The third-order valence-corrected chi connectivity index (χ3v) is 3.01. The first kappa shape index (κ1) is 10.6. The molecule has 1 atom stereocenters. The molecule has 1 aliphatic carbocycles. The molecule has 0 saturated heterocycles. The number of rotatable bonds is 5. The molecule has 17 heavy (non-hydrogen) atoms. The summed E-state index contributed by atoms with van der Waals surface area (Å²) in [5.41, 5.74) is 5.38. The molecule has 92 valence electrons. The molecule has 0 radical (unpaired) electrons. The van der Waals surface area contributed by atoms with E-state index in [9.17, 15) is 4.79 Å². The van der Waals surface area contributed by atoms with Gasteiger partial charge in [0.25, 0.3) is 5.91 Å². The van der Waals surface area contributed by atoms with Gasteiger partial charge in [-0.2, -0.15) is 5.10 Å². The second-order valence-corrected chi connectivity index (χ2v) is 4.63. The number of hydrogen-bond donors (Lipinski definition) is 1. The number of nitrogens with two attached hydrogens (primary N) is 1. The molecule has 2 N–H and O–H groups in total. The molecule has 3 rings (SSSR count). The lowest BCUT2D eigenvalue weighted by atomic mass is 10.4. The van der Waals surface area contributed by atoms with E-state index in [1.807, 2.05) is 0 Å². The van der Waals surface area contributed by atoms with Gasteiger partial charge in [-0.25, -0.2) is 4.68 Å². The Bertz CT molecular complexity index is 416. The van der Waals surface area contributed by atoms with Gasteiger partial charge in [0.05, 0.1) is 13.2 Å². The molecule has 1 amide bonds. The molecule has 6 heteroatoms. The third-order valence-electron chi connectivity index (χ3n) is 3.01. The van der Waals surface area contributed by atoms with Crippen molar-refractivity contribution < 1.29 is 14.3 Å². The first-order chi connectivity index (χ1) is 8.22. The molecule has 1 aromatic heterocycles. The van der Waals surface area contributed by atoms with Crippen LogP contribution in [0.4, 0.5) is 0 Å². The molecule has 0 bridgehead atoms. The van der Waals surface area contributed by atoms with Crippen molar-refractivity contribution in [2.45, 2.75) is 25.5 Å². The van der Waals surface area contributed by atoms with E-state index in [1.54, 1.807) is 10.7 Å². The van der Waals surface area contributed by atoms with Gasteiger partial charge in [0.1, 0.15) is 6.10 Å². The van der Waals surface area contributed by atoms with Gasteiger partial charge in [-0.1, -0.05) is 0 Å². The lowest BCUT2D eigenvalue weighted by molar-refractivity contribution is 0.0535. The number of nitrogens with zero attached hydrogens (tertiary/aromatic N) is 2. The van der Waals surface area contributed by atoms with Gasteiger partial charge in [-0.05, 0) is 18.8 Å². The van der Waals surface area contributed by atoms with Crippen LogP contribution in [0, 0.1) is 5.92 Å². The lowest BCUT2D eigenvalue weighted by Gasteiger charge is -2.09. The van der Waals surface area contributed by atoms with Gasteiger partial charge in [-0.3, -0.25) is 4.79 Å². The molecular formula is C11H15N3O3. The normalized spacial score (nSPS) is 22.2. The van der Waals surface area contributed by atoms with E-state index < -0.39 is 5.91 Å². The summed E-state index contributed by atoms with van der Waals surface area (Å²) < 4.78 is 12.8. The summed E-state index contributed by atoms with van der Waals surface area (Å²) in [6.07, 6.45) is 2.57. The number of fused-ring (bicyclic) bond motifs is 1. The van der Waals surface area contributed by atoms with Gasteiger partial charge >= 0.3 is 0 Å². The van der Waals surface area contributed by atoms with Crippen LogP contribution in [-0.2, 0) is 11.3 Å². The van der Waals surface area contributed by atoms with Crippen molar-refractivity contribution in [3.05, 3.63) is 11.8 Å². The Morgan fingerprint density at radius 1 is 1.59 bits per heavy atom. The Labute approximate surface area is 98.7 Å². The van der Waals surface area contributed by atoms with Crippen LogP contribution in [-0.4, -0.2) is 35.0 Å². The summed E-state index contributed by atoms with van der Waals surface area (Å²) in [6, 6.07) is 1.57. The Morgan fingerprint density at radius 2 is 2.41 bits per heavy atom. The number of primary amides is 1. The molecule has 2 aliphatic rings. The van der Waals surface area contributed by atoms with Crippen LogP contribution in [0.3, 0.4) is 0 Å². The van der Waals surface area contributed by atoms with Crippen molar-refractivity contribution in [1.82, 2.24) is 9.78 Å². The Kier molecular flexibility index (Phi) is 2.51. The first-order valence-electron chi connectivity index (χ1n) is 5.84. The number of carbonyl (C=O) groups is 1. The number of amides is 1. The summed E-state index contributed by atoms with van der Waals surface area (Å²) >= 11 is 0. The molecule has 0 spiro atoms. The molecule has 2 heterocycles. The van der Waals surface area contributed by atoms with Crippen molar-refractivity contribution in [3.63, 3.8) is 0 Å². The zero-order chi connectivity index (χ0) is 11.8. The van der Waals surface area contributed by atoms with Gasteiger partial charge in [0.2, 0.25) is 5.88 Å². The average Bonchev–Trinajstić information content (AvgIpc) is 2.86. The van der Waals surface area contributed by atoms with E-state index in [2.05, 4.69) is 5.10 Å². The number of aromatic nitrogens is 2. The van der Waals surface area contributed by atoms with Gasteiger partial charge in [0, 0.05) is 12.7 Å². The summed E-state index contributed by atoms with van der Waals surface area (Å²) in [5, 5.41) is 4.06. The van der Waals surface area contributed by atoms with E-state index in [-0.39, 0.29) is 11.8 Å². The highest BCUT2D eigenvalue weighted by Crippen LogP contribution is 2.29. The molecule has 1 unspecified atom stereocenters. The van der Waals surface area contributed by atoms with Gasteiger partial charge in [-0.15, -0.1) is 0 Å². The average molecular weight is 237 g/mol. The number of hydrogen-bond acceptors (Lipinski definition) is 4. The summed E-state index contributed by atoms with van der Waals surface area (Å²) in [6.45, 7) is 2.02. The predicted molar refractivity (Wildman–Crippen MR) is 58.7 cm³/mol. The lowest BCUT2D eigenvalue weighted by Crippen LogP contribution is -2.23. The molecule has 1 aliphatic heterocycles. The van der Waals surface area contributed by atoms with Crippen molar-refractivity contribution in [1.29, 1.82) is 0 Å². The van der Waals surface area contributed by atoms with E-state index >= 15 is 0 Å². The second kappa shape index (κ2) is 4.03. The van der Waals surface area contributed by atoms with Crippen LogP contribution in [0.2, 0.25) is 0 Å². The zero-order valence-corrected chi connectivity index (χ0v) is 9.46. The maximum atomic E-state index is 10.9. The van der Waals surface area contributed by atoms with Crippen molar-refractivity contribution >= 4 is 5.91 Å². The van der Waals surface area contributed by atoms with Crippen LogP contribution in [0.5, 0.6) is 5.88 Å². The van der Waals surface area contributed by atoms with Gasteiger partial charge < -0.3 is 15.2 Å². The monoisotopic (exact) mass is 237 g/mol. The molecule has 6 nitrogen and oxygen atoms in total. The standard InChI is InChI=1S/C11H15N3O3/c12-11(15)9-3-10-14(13-9)4-8(17-10)6-16-5-7-1-2-7/h3,7-8H,1-2,4-6H2,(H2,12,15). The fourth-order valence-electron chi connectivity index (χ4n) is 1.88. The highest BCUT2D eigenvalue weighted by molar-refractivity contribution is 5.91. The van der Waals surface area contributed by atoms with Crippen LogP contribution in [0.25, 0.3) is 0 Å². The molecule has 1 saturated carbocycles. The summed E-state index contributed by atoms with van der Waals surface area (Å²) in [5.74, 6) is 0.825. The quantitative estimate of drug-likeness (QED) is 0.791. The fraction of sp³-hybridized carbons (Fsp3) is 0.636. The van der Waals surface area contributed by atoms with Gasteiger partial charge in [0.15, 0.2) is 5.69 Å². The van der Waals surface area contributed by atoms with Crippen molar-refractivity contribution in [2.24, 2.45) is 11.7 Å². The van der Waals surface area contributed by atoms with Crippen molar-refractivity contribution in [2.75, 3.05) is 13.2 Å². The van der Waals surface area contributed by atoms with Crippen LogP contribution in [0.1, 0.15) is 23.3 Å². The van der Waals surface area contributed by atoms with E-state index in [0.29, 0.717) is 19.0 Å². The maximum absolute atomic E-state index is 10.9. The van der Waals surface area contributed by atoms with E-state index in [0.717, 1.165) is 12.5 Å². The first-order valence-corrected chi connectivity index (χ1v) is 5.84. The minimum atomic E-state index is -0.531. The summed E-state index contributed by atoms with van der Waals surface area (Å²) in [7, 11) is 0. The molecular weight excluding hydrogens is 222 g/mol.